The molecular formula is C12H17BrClNO. The van der Waals surface area contributed by atoms with Gasteiger partial charge in [0, 0.05) is 41.8 Å². The first-order valence-electron chi connectivity index (χ1n) is 5.31. The molecule has 0 fully saturated rings. The van der Waals surface area contributed by atoms with Crippen molar-refractivity contribution >= 4 is 33.2 Å². The van der Waals surface area contributed by atoms with E-state index in [1.54, 1.807) is 7.11 Å². The van der Waals surface area contributed by atoms with Gasteiger partial charge in [-0.15, -0.1) is 0 Å². The smallest absolute Gasteiger partial charge is 0.0637 e. The van der Waals surface area contributed by atoms with E-state index in [1.165, 1.54) is 5.69 Å². The van der Waals surface area contributed by atoms with Crippen molar-refractivity contribution in [3.8, 4) is 0 Å². The molecule has 1 rings (SSSR count). The highest BCUT2D eigenvalue weighted by atomic mass is 79.9. The van der Waals surface area contributed by atoms with Crippen LogP contribution < -0.4 is 4.90 Å². The van der Waals surface area contributed by atoms with Crippen LogP contribution in [0.5, 0.6) is 0 Å². The number of hydrogen-bond acceptors (Lipinski definition) is 2. The number of methoxy groups -OCH3 is 1. The van der Waals surface area contributed by atoms with Crippen molar-refractivity contribution < 1.29 is 4.74 Å². The molecule has 0 aromatic heterocycles. The molecule has 0 aliphatic carbocycles. The fraction of sp³-hybridized carbons (Fsp3) is 0.500. The molecule has 0 spiro atoms. The third-order valence-electron chi connectivity index (χ3n) is 2.52. The lowest BCUT2D eigenvalue weighted by molar-refractivity contribution is 0.205. The average molecular weight is 307 g/mol. The summed E-state index contributed by atoms with van der Waals surface area (Å²) in [7, 11) is 1.72. The van der Waals surface area contributed by atoms with Crippen LogP contribution >= 0.6 is 27.5 Å². The van der Waals surface area contributed by atoms with Gasteiger partial charge in [0.1, 0.15) is 0 Å². The Labute approximate surface area is 111 Å². The zero-order chi connectivity index (χ0) is 12.0. The average Bonchev–Trinajstić information content (AvgIpc) is 2.30. The van der Waals surface area contributed by atoms with E-state index in [1.807, 2.05) is 12.1 Å². The van der Waals surface area contributed by atoms with Gasteiger partial charge in [0.2, 0.25) is 0 Å². The van der Waals surface area contributed by atoms with Crippen LogP contribution in [0.4, 0.5) is 5.69 Å². The number of rotatable bonds is 6. The van der Waals surface area contributed by atoms with Gasteiger partial charge in [0.15, 0.2) is 0 Å². The Hall–Kier alpha value is -0.250. The van der Waals surface area contributed by atoms with Crippen LogP contribution in [0.1, 0.15) is 12.5 Å². The number of hydrogen-bond donors (Lipinski definition) is 0. The molecule has 0 amide bonds. The summed E-state index contributed by atoms with van der Waals surface area (Å²) in [5.41, 5.74) is 2.33. The minimum Gasteiger partial charge on any atom is -0.383 e. The van der Waals surface area contributed by atoms with Gasteiger partial charge in [-0.1, -0.05) is 33.6 Å². The van der Waals surface area contributed by atoms with E-state index in [0.717, 1.165) is 35.6 Å². The highest BCUT2D eigenvalue weighted by molar-refractivity contribution is 9.08. The fourth-order valence-electron chi connectivity index (χ4n) is 1.63. The highest BCUT2D eigenvalue weighted by Crippen LogP contribution is 2.29. The Balaban J connectivity index is 2.94. The quantitative estimate of drug-likeness (QED) is 0.743. The summed E-state index contributed by atoms with van der Waals surface area (Å²) in [5.74, 6) is 0. The Morgan fingerprint density at radius 3 is 2.75 bits per heavy atom. The third kappa shape index (κ3) is 3.37. The van der Waals surface area contributed by atoms with E-state index in [2.05, 4.69) is 33.8 Å². The molecule has 16 heavy (non-hydrogen) atoms. The molecule has 0 heterocycles. The Bertz CT molecular complexity index is 333. The van der Waals surface area contributed by atoms with Gasteiger partial charge < -0.3 is 9.64 Å². The second-order valence-corrected chi connectivity index (χ2v) is 4.41. The highest BCUT2D eigenvalue weighted by Gasteiger charge is 2.11. The van der Waals surface area contributed by atoms with Crippen LogP contribution in [0.15, 0.2) is 18.2 Å². The molecule has 0 unspecified atom stereocenters. The van der Waals surface area contributed by atoms with Crippen molar-refractivity contribution in [3.63, 3.8) is 0 Å². The lowest BCUT2D eigenvalue weighted by atomic mass is 10.2. The molecule has 0 atom stereocenters. The first kappa shape index (κ1) is 13.8. The van der Waals surface area contributed by atoms with Crippen LogP contribution in [-0.2, 0) is 10.1 Å². The lowest BCUT2D eigenvalue weighted by Crippen LogP contribution is -2.27. The van der Waals surface area contributed by atoms with Crippen molar-refractivity contribution in [2.45, 2.75) is 12.3 Å². The molecule has 0 radical (unpaired) electrons. The van der Waals surface area contributed by atoms with Gasteiger partial charge in [-0.25, -0.2) is 0 Å². The molecule has 1 aromatic carbocycles. The Morgan fingerprint density at radius 2 is 2.19 bits per heavy atom. The molecule has 0 saturated heterocycles. The standard InChI is InChI=1S/C12H17BrClNO/c1-3-15(7-8-16-2)12-6-4-5-11(14)10(12)9-13/h4-6H,3,7-9H2,1-2H3. The molecule has 0 bridgehead atoms. The Morgan fingerprint density at radius 1 is 1.44 bits per heavy atom. The second-order valence-electron chi connectivity index (χ2n) is 3.44. The Kier molecular flexibility index (Phi) is 6.17. The van der Waals surface area contributed by atoms with Crippen LogP contribution in [0.3, 0.4) is 0 Å². The number of likely N-dealkylation sites (N-methyl/N-ethyl adjacent to an activating group) is 1. The predicted molar refractivity (Wildman–Crippen MR) is 73.8 cm³/mol. The summed E-state index contributed by atoms with van der Waals surface area (Å²) in [6, 6.07) is 6.01. The number of benzene rings is 1. The maximum atomic E-state index is 6.18. The van der Waals surface area contributed by atoms with E-state index in [-0.39, 0.29) is 0 Å². The van der Waals surface area contributed by atoms with Crippen molar-refractivity contribution in [3.05, 3.63) is 28.8 Å². The molecule has 4 heteroatoms. The molecule has 90 valence electrons. The molecule has 2 nitrogen and oxygen atoms in total. The van der Waals surface area contributed by atoms with Crippen LogP contribution in [-0.4, -0.2) is 26.8 Å². The van der Waals surface area contributed by atoms with Crippen molar-refractivity contribution in [2.75, 3.05) is 31.7 Å². The number of alkyl halides is 1. The predicted octanol–water partition coefficient (Wildman–Crippen LogP) is 3.71. The van der Waals surface area contributed by atoms with E-state index in [4.69, 9.17) is 16.3 Å². The van der Waals surface area contributed by atoms with Crippen molar-refractivity contribution in [1.82, 2.24) is 0 Å². The maximum Gasteiger partial charge on any atom is 0.0637 e. The number of ether oxygens (including phenoxy) is 1. The minimum absolute atomic E-state index is 0.724. The summed E-state index contributed by atoms with van der Waals surface area (Å²) in [6.45, 7) is 4.69. The van der Waals surface area contributed by atoms with Crippen molar-refractivity contribution in [2.24, 2.45) is 0 Å². The number of nitrogens with zero attached hydrogens (tertiary/aromatic N) is 1. The molecule has 0 N–H and O–H groups in total. The van der Waals surface area contributed by atoms with Gasteiger partial charge in [-0.05, 0) is 19.1 Å². The SMILES string of the molecule is CCN(CCOC)c1cccc(Cl)c1CBr. The summed E-state index contributed by atoms with van der Waals surface area (Å²) >= 11 is 9.66. The normalized spacial score (nSPS) is 10.5. The van der Waals surface area contributed by atoms with Crippen LogP contribution in [0.25, 0.3) is 0 Å². The minimum atomic E-state index is 0.724. The van der Waals surface area contributed by atoms with Crippen LogP contribution in [0, 0.1) is 0 Å². The van der Waals surface area contributed by atoms with Gasteiger partial charge in [0.25, 0.3) is 0 Å². The topological polar surface area (TPSA) is 12.5 Å². The van der Waals surface area contributed by atoms with Gasteiger partial charge >= 0.3 is 0 Å². The van der Waals surface area contributed by atoms with Crippen LogP contribution in [0.2, 0.25) is 5.02 Å². The summed E-state index contributed by atoms with van der Waals surface area (Å²) < 4.78 is 5.11. The fourth-order valence-corrected chi connectivity index (χ4v) is 2.61. The summed E-state index contributed by atoms with van der Waals surface area (Å²) in [5, 5.41) is 1.58. The van der Waals surface area contributed by atoms with E-state index in [9.17, 15) is 0 Å². The number of anilines is 1. The lowest BCUT2D eigenvalue weighted by Gasteiger charge is -2.25. The first-order valence-corrected chi connectivity index (χ1v) is 6.81. The maximum absolute atomic E-state index is 6.18. The third-order valence-corrected chi connectivity index (χ3v) is 3.43. The molecule has 0 saturated carbocycles. The largest absolute Gasteiger partial charge is 0.383 e. The molecule has 0 aliphatic rings. The van der Waals surface area contributed by atoms with Crippen molar-refractivity contribution in [1.29, 1.82) is 0 Å². The summed E-state index contributed by atoms with van der Waals surface area (Å²) in [4.78, 5) is 2.27. The zero-order valence-electron chi connectivity index (χ0n) is 9.67. The van der Waals surface area contributed by atoms with E-state index >= 15 is 0 Å². The second kappa shape index (κ2) is 7.15. The monoisotopic (exact) mass is 305 g/mol. The van der Waals surface area contributed by atoms with Gasteiger partial charge in [-0.2, -0.15) is 0 Å². The first-order chi connectivity index (χ1) is 7.74. The van der Waals surface area contributed by atoms with E-state index < -0.39 is 0 Å². The van der Waals surface area contributed by atoms with Gasteiger partial charge in [0.05, 0.1) is 6.61 Å². The van der Waals surface area contributed by atoms with Gasteiger partial charge in [-0.3, -0.25) is 0 Å². The zero-order valence-corrected chi connectivity index (χ0v) is 12.0. The molecule has 1 aromatic rings. The summed E-state index contributed by atoms with van der Waals surface area (Å²) in [6.07, 6.45) is 0. The molecule has 0 aliphatic heterocycles. The van der Waals surface area contributed by atoms with E-state index in [0.29, 0.717) is 0 Å². The number of halogens is 2. The molecular weight excluding hydrogens is 289 g/mol.